The first-order valence-corrected chi connectivity index (χ1v) is 9.77. The summed E-state index contributed by atoms with van der Waals surface area (Å²) in [6, 6.07) is 0. The summed E-state index contributed by atoms with van der Waals surface area (Å²) in [6.07, 6.45) is 5.62. The number of rotatable bonds is 6. The number of aromatic nitrogens is 4. The monoisotopic (exact) mass is 429 g/mol. The Kier molecular flexibility index (Phi) is 7.14. The molecule has 0 aromatic carbocycles. The number of ether oxygens (including phenoxy) is 1. The van der Waals surface area contributed by atoms with Crippen LogP contribution < -0.4 is 0 Å². The second kappa shape index (κ2) is 9.61. The maximum Gasteiger partial charge on any atom is 0.490 e. The van der Waals surface area contributed by atoms with Gasteiger partial charge in [0.2, 0.25) is 0 Å². The topological polar surface area (TPSA) is 85.4 Å². The van der Waals surface area contributed by atoms with Crippen LogP contribution in [0.1, 0.15) is 24.1 Å². The number of hydrogen-bond donors (Lipinski definition) is 1. The summed E-state index contributed by atoms with van der Waals surface area (Å²) in [4.78, 5) is 15.7. The number of nitrogens with zero attached hydrogens (tertiary/aromatic N) is 5. The summed E-state index contributed by atoms with van der Waals surface area (Å²) in [5.41, 5.74) is 2.55. The second-order valence-electron chi connectivity index (χ2n) is 7.88. The standard InChI is InChI=1S/C17H25N5O.C2HF3O2/c1-20-6-15(4-19-20)7-21-8-16(12-23-11-14-2-3-14)9-22-13-18-5-17(22)10-21;3-2(4,5)1(6)7/h4-6,13-14,16H,2-3,7-12H2,1H3;(H,6,7). The van der Waals surface area contributed by atoms with E-state index < -0.39 is 12.1 Å². The fourth-order valence-electron chi connectivity index (χ4n) is 3.36. The SMILES string of the molecule is Cn1cc(CN2Cc3cncn3CC(COCC3CC3)C2)cn1.O=C(O)C(F)(F)F. The molecule has 1 aliphatic carbocycles. The fraction of sp³-hybridized carbons (Fsp3) is 0.632. The van der Waals surface area contributed by atoms with Crippen molar-refractivity contribution < 1.29 is 27.8 Å². The summed E-state index contributed by atoms with van der Waals surface area (Å²) in [6.45, 7) is 5.71. The van der Waals surface area contributed by atoms with Gasteiger partial charge in [0, 0.05) is 63.7 Å². The van der Waals surface area contributed by atoms with Gasteiger partial charge in [0.1, 0.15) is 0 Å². The quantitative estimate of drug-likeness (QED) is 0.759. The molecule has 2 aromatic rings. The van der Waals surface area contributed by atoms with Gasteiger partial charge in [-0.25, -0.2) is 9.78 Å². The van der Waals surface area contributed by atoms with Gasteiger partial charge >= 0.3 is 12.1 Å². The molecular formula is C19H26F3N5O3. The molecule has 1 aliphatic heterocycles. The summed E-state index contributed by atoms with van der Waals surface area (Å²) in [5.74, 6) is -1.41. The van der Waals surface area contributed by atoms with Crippen LogP contribution >= 0.6 is 0 Å². The number of alkyl halides is 3. The predicted octanol–water partition coefficient (Wildman–Crippen LogP) is 2.31. The van der Waals surface area contributed by atoms with Crippen LogP contribution in [0.4, 0.5) is 13.2 Å². The maximum absolute atomic E-state index is 10.6. The molecule has 2 aromatic heterocycles. The molecule has 8 nitrogen and oxygen atoms in total. The van der Waals surface area contributed by atoms with Crippen molar-refractivity contribution in [3.8, 4) is 0 Å². The third-order valence-electron chi connectivity index (χ3n) is 4.97. The molecule has 1 N–H and O–H groups in total. The molecule has 3 heterocycles. The number of fused-ring (bicyclic) bond motifs is 1. The highest BCUT2D eigenvalue weighted by atomic mass is 19.4. The van der Waals surface area contributed by atoms with Crippen molar-refractivity contribution >= 4 is 5.97 Å². The van der Waals surface area contributed by atoms with Crippen molar-refractivity contribution in [3.05, 3.63) is 36.2 Å². The lowest BCUT2D eigenvalue weighted by atomic mass is 10.1. The van der Waals surface area contributed by atoms with Crippen molar-refractivity contribution in [2.24, 2.45) is 18.9 Å². The first-order valence-electron chi connectivity index (χ1n) is 9.77. The fourth-order valence-corrected chi connectivity index (χ4v) is 3.36. The van der Waals surface area contributed by atoms with Gasteiger partial charge in [-0.1, -0.05) is 0 Å². The summed E-state index contributed by atoms with van der Waals surface area (Å²) in [5, 5.41) is 11.4. The van der Waals surface area contributed by atoms with Gasteiger partial charge in [-0.2, -0.15) is 18.3 Å². The number of aryl methyl sites for hydroxylation is 1. The van der Waals surface area contributed by atoms with Gasteiger partial charge in [0.15, 0.2) is 0 Å². The molecule has 166 valence electrons. The highest BCUT2D eigenvalue weighted by Gasteiger charge is 2.38. The number of carbonyl (C=O) groups is 1. The highest BCUT2D eigenvalue weighted by Crippen LogP contribution is 2.29. The van der Waals surface area contributed by atoms with E-state index >= 15 is 0 Å². The minimum atomic E-state index is -5.08. The van der Waals surface area contributed by atoms with E-state index in [0.717, 1.165) is 45.3 Å². The van der Waals surface area contributed by atoms with E-state index in [1.165, 1.54) is 24.1 Å². The molecule has 30 heavy (non-hydrogen) atoms. The largest absolute Gasteiger partial charge is 0.490 e. The van der Waals surface area contributed by atoms with E-state index in [1.807, 2.05) is 30.5 Å². The van der Waals surface area contributed by atoms with Crippen LogP contribution in [-0.4, -0.2) is 61.2 Å². The van der Waals surface area contributed by atoms with E-state index in [9.17, 15) is 13.2 Å². The van der Waals surface area contributed by atoms with Crippen molar-refractivity contribution in [1.82, 2.24) is 24.2 Å². The van der Waals surface area contributed by atoms with E-state index in [-0.39, 0.29) is 0 Å². The molecule has 1 atom stereocenters. The average Bonchev–Trinajstić information content (AvgIpc) is 3.29. The zero-order valence-electron chi connectivity index (χ0n) is 16.8. The molecule has 4 rings (SSSR count). The molecule has 1 unspecified atom stereocenters. The first-order chi connectivity index (χ1) is 14.2. The summed E-state index contributed by atoms with van der Waals surface area (Å²) < 4.78 is 41.9. The highest BCUT2D eigenvalue weighted by molar-refractivity contribution is 5.73. The van der Waals surface area contributed by atoms with Crippen molar-refractivity contribution in [2.75, 3.05) is 19.8 Å². The van der Waals surface area contributed by atoms with Crippen LogP contribution in [0.3, 0.4) is 0 Å². The van der Waals surface area contributed by atoms with Gasteiger partial charge in [-0.15, -0.1) is 0 Å². The molecule has 1 fully saturated rings. The second-order valence-corrected chi connectivity index (χ2v) is 7.88. The zero-order valence-corrected chi connectivity index (χ0v) is 16.8. The number of hydrogen-bond acceptors (Lipinski definition) is 5. The third kappa shape index (κ3) is 6.84. The van der Waals surface area contributed by atoms with Crippen molar-refractivity contribution in [2.45, 2.75) is 38.7 Å². The molecule has 0 radical (unpaired) electrons. The Labute approximate surface area is 172 Å². The maximum atomic E-state index is 10.6. The molecule has 2 aliphatic rings. The van der Waals surface area contributed by atoms with Gasteiger partial charge in [0.25, 0.3) is 0 Å². The molecule has 0 amide bonds. The summed E-state index contributed by atoms with van der Waals surface area (Å²) in [7, 11) is 1.97. The first kappa shape index (κ1) is 22.3. The number of halogens is 3. The smallest absolute Gasteiger partial charge is 0.475 e. The lowest BCUT2D eigenvalue weighted by molar-refractivity contribution is -0.192. The van der Waals surface area contributed by atoms with Crippen LogP contribution in [0.5, 0.6) is 0 Å². The Bertz CT molecular complexity index is 831. The van der Waals surface area contributed by atoms with Gasteiger partial charge < -0.3 is 14.4 Å². The lowest BCUT2D eigenvalue weighted by Crippen LogP contribution is -2.30. The average molecular weight is 429 g/mol. The number of imidazole rings is 1. The molecule has 11 heteroatoms. The Hall–Kier alpha value is -2.40. The number of carboxylic acid groups (broad SMARTS) is 1. The zero-order chi connectivity index (χ0) is 21.7. The molecule has 1 saturated carbocycles. The number of aliphatic carboxylic acids is 1. The van der Waals surface area contributed by atoms with E-state index in [1.54, 1.807) is 0 Å². The van der Waals surface area contributed by atoms with Crippen LogP contribution in [0.15, 0.2) is 24.9 Å². The minimum absolute atomic E-state index is 0.515. The Morgan fingerprint density at radius 3 is 2.53 bits per heavy atom. The Balaban J connectivity index is 0.000000318. The van der Waals surface area contributed by atoms with Gasteiger partial charge in [-0.05, 0) is 18.8 Å². The minimum Gasteiger partial charge on any atom is -0.475 e. The van der Waals surface area contributed by atoms with E-state index in [2.05, 4.69) is 25.7 Å². The molecular weight excluding hydrogens is 403 g/mol. The predicted molar refractivity (Wildman–Crippen MR) is 100 cm³/mol. The summed E-state index contributed by atoms with van der Waals surface area (Å²) >= 11 is 0. The van der Waals surface area contributed by atoms with Crippen molar-refractivity contribution in [1.29, 1.82) is 0 Å². The molecule has 0 saturated heterocycles. The van der Waals surface area contributed by atoms with Crippen molar-refractivity contribution in [3.63, 3.8) is 0 Å². The van der Waals surface area contributed by atoms with Crippen LogP contribution in [-0.2, 0) is 36.2 Å². The van der Waals surface area contributed by atoms with Gasteiger partial charge in [-0.3, -0.25) is 9.58 Å². The normalized spacial score (nSPS) is 19.5. The van der Waals surface area contributed by atoms with Crippen LogP contribution in [0.25, 0.3) is 0 Å². The van der Waals surface area contributed by atoms with Crippen LogP contribution in [0.2, 0.25) is 0 Å². The molecule has 0 spiro atoms. The van der Waals surface area contributed by atoms with Gasteiger partial charge in [0.05, 0.1) is 24.8 Å². The third-order valence-corrected chi connectivity index (χ3v) is 4.97. The van der Waals surface area contributed by atoms with E-state index in [0.29, 0.717) is 5.92 Å². The lowest BCUT2D eigenvalue weighted by Gasteiger charge is -2.23. The molecule has 0 bridgehead atoms. The Morgan fingerprint density at radius 1 is 1.23 bits per heavy atom. The van der Waals surface area contributed by atoms with Crippen LogP contribution in [0, 0.1) is 11.8 Å². The number of carboxylic acids is 1. The Morgan fingerprint density at radius 2 is 1.93 bits per heavy atom. The van der Waals surface area contributed by atoms with E-state index in [4.69, 9.17) is 14.6 Å².